The minimum Gasteiger partial charge on any atom is -0.370 e. The van der Waals surface area contributed by atoms with Gasteiger partial charge >= 0.3 is 6.03 Å². The van der Waals surface area contributed by atoms with E-state index < -0.39 is 0 Å². The number of amides is 3. The Bertz CT molecular complexity index is 590. The summed E-state index contributed by atoms with van der Waals surface area (Å²) in [4.78, 5) is 26.0. The number of likely N-dealkylation sites (tertiary alicyclic amines) is 1. The van der Waals surface area contributed by atoms with Crippen LogP contribution >= 0.6 is 0 Å². The van der Waals surface area contributed by atoms with Gasteiger partial charge in [-0.15, -0.1) is 0 Å². The zero-order valence-electron chi connectivity index (χ0n) is 12.8. The van der Waals surface area contributed by atoms with Crippen LogP contribution in [0.2, 0.25) is 0 Å². The summed E-state index contributed by atoms with van der Waals surface area (Å²) < 4.78 is 5.80. The number of para-hydroxylation sites is 1. The number of benzene rings is 1. The lowest BCUT2D eigenvalue weighted by atomic mass is 10.00. The van der Waals surface area contributed by atoms with Gasteiger partial charge in [0.15, 0.2) is 0 Å². The number of nitrogens with one attached hydrogen (secondary N) is 2. The third-order valence-corrected chi connectivity index (χ3v) is 4.41. The molecule has 22 heavy (non-hydrogen) atoms. The molecule has 6 heteroatoms. The molecule has 2 aliphatic rings. The third kappa shape index (κ3) is 2.78. The van der Waals surface area contributed by atoms with Gasteiger partial charge in [-0.25, -0.2) is 4.79 Å². The van der Waals surface area contributed by atoms with Gasteiger partial charge in [0.1, 0.15) is 0 Å². The molecule has 0 saturated carbocycles. The molecule has 1 aromatic rings. The Morgan fingerprint density at radius 1 is 1.27 bits per heavy atom. The fourth-order valence-corrected chi connectivity index (χ4v) is 3.19. The van der Waals surface area contributed by atoms with E-state index in [0.717, 1.165) is 11.3 Å². The third-order valence-electron chi connectivity index (χ3n) is 4.41. The van der Waals surface area contributed by atoms with Gasteiger partial charge in [0.2, 0.25) is 5.91 Å². The lowest BCUT2D eigenvalue weighted by Crippen LogP contribution is -2.49. The Balaban J connectivity index is 1.66. The molecule has 118 valence electrons. The van der Waals surface area contributed by atoms with E-state index in [9.17, 15) is 9.59 Å². The number of morpholine rings is 1. The molecule has 6 nitrogen and oxygen atoms in total. The SMILES string of the molecule is CNC(=O)[C@@H]1C[C@H]2CN(C(=O)Nc3ccccc3C)C[C@@H]1O2. The first kappa shape index (κ1) is 14.8. The summed E-state index contributed by atoms with van der Waals surface area (Å²) in [6.45, 7) is 2.94. The number of hydrogen-bond acceptors (Lipinski definition) is 3. The van der Waals surface area contributed by atoms with E-state index in [-0.39, 0.29) is 30.1 Å². The van der Waals surface area contributed by atoms with E-state index in [1.807, 2.05) is 31.2 Å². The largest absolute Gasteiger partial charge is 0.370 e. The fraction of sp³-hybridized carbons (Fsp3) is 0.500. The molecule has 1 aromatic carbocycles. The Morgan fingerprint density at radius 2 is 2.05 bits per heavy atom. The lowest BCUT2D eigenvalue weighted by Gasteiger charge is -2.32. The second kappa shape index (κ2) is 5.96. The monoisotopic (exact) mass is 303 g/mol. The predicted molar refractivity (Wildman–Crippen MR) is 82.6 cm³/mol. The zero-order valence-corrected chi connectivity index (χ0v) is 12.8. The molecule has 2 aliphatic heterocycles. The van der Waals surface area contributed by atoms with Crippen molar-refractivity contribution in [3.8, 4) is 0 Å². The van der Waals surface area contributed by atoms with Gasteiger partial charge in [0, 0.05) is 25.8 Å². The number of urea groups is 1. The second-order valence-corrected chi connectivity index (χ2v) is 5.90. The van der Waals surface area contributed by atoms with E-state index in [2.05, 4.69) is 10.6 Å². The molecule has 0 spiro atoms. The molecule has 0 aliphatic carbocycles. The molecule has 0 radical (unpaired) electrons. The maximum atomic E-state index is 12.4. The lowest BCUT2D eigenvalue weighted by molar-refractivity contribution is -0.127. The maximum Gasteiger partial charge on any atom is 0.322 e. The van der Waals surface area contributed by atoms with Crippen molar-refractivity contribution in [3.05, 3.63) is 29.8 Å². The van der Waals surface area contributed by atoms with Crippen molar-refractivity contribution in [2.24, 2.45) is 5.92 Å². The summed E-state index contributed by atoms with van der Waals surface area (Å²) >= 11 is 0. The van der Waals surface area contributed by atoms with Crippen LogP contribution in [0, 0.1) is 12.8 Å². The molecular weight excluding hydrogens is 282 g/mol. The first-order chi connectivity index (χ1) is 10.6. The highest BCUT2D eigenvalue weighted by Gasteiger charge is 2.45. The molecule has 2 saturated heterocycles. The molecule has 0 unspecified atom stereocenters. The van der Waals surface area contributed by atoms with Crippen molar-refractivity contribution in [2.75, 3.05) is 25.5 Å². The Hall–Kier alpha value is -2.08. The first-order valence-corrected chi connectivity index (χ1v) is 7.57. The molecule has 0 aromatic heterocycles. The first-order valence-electron chi connectivity index (χ1n) is 7.57. The molecular formula is C16H21N3O3. The molecule has 2 fully saturated rings. The van der Waals surface area contributed by atoms with E-state index in [4.69, 9.17) is 4.74 Å². The van der Waals surface area contributed by atoms with Crippen LogP contribution in [-0.4, -0.2) is 49.2 Å². The predicted octanol–water partition coefficient (Wildman–Crippen LogP) is 1.36. The van der Waals surface area contributed by atoms with E-state index in [1.54, 1.807) is 11.9 Å². The summed E-state index contributed by atoms with van der Waals surface area (Å²) in [6.07, 6.45) is 0.420. The highest BCUT2D eigenvalue weighted by molar-refractivity contribution is 5.90. The normalized spacial score (nSPS) is 26.6. The topological polar surface area (TPSA) is 70.7 Å². The van der Waals surface area contributed by atoms with Gasteiger partial charge in [-0.3, -0.25) is 4.79 Å². The summed E-state index contributed by atoms with van der Waals surface area (Å²) in [6, 6.07) is 7.54. The molecule has 3 amide bonds. The van der Waals surface area contributed by atoms with E-state index >= 15 is 0 Å². The summed E-state index contributed by atoms with van der Waals surface area (Å²) in [7, 11) is 1.63. The minimum atomic E-state index is -0.207. The van der Waals surface area contributed by atoms with Crippen LogP contribution in [0.1, 0.15) is 12.0 Å². The van der Waals surface area contributed by atoms with Crippen molar-refractivity contribution < 1.29 is 14.3 Å². The smallest absolute Gasteiger partial charge is 0.322 e. The molecule has 2 N–H and O–H groups in total. The van der Waals surface area contributed by atoms with Gasteiger partial charge in [-0.05, 0) is 25.0 Å². The van der Waals surface area contributed by atoms with Gasteiger partial charge < -0.3 is 20.3 Å². The summed E-state index contributed by atoms with van der Waals surface area (Å²) in [5.41, 5.74) is 1.84. The van der Waals surface area contributed by atoms with Crippen molar-refractivity contribution in [1.82, 2.24) is 10.2 Å². The molecule has 3 atom stereocenters. The van der Waals surface area contributed by atoms with Crippen molar-refractivity contribution in [1.29, 1.82) is 0 Å². The number of fused-ring (bicyclic) bond motifs is 2. The van der Waals surface area contributed by atoms with Gasteiger partial charge in [-0.1, -0.05) is 18.2 Å². The summed E-state index contributed by atoms with van der Waals surface area (Å²) in [5, 5.41) is 5.61. The fourth-order valence-electron chi connectivity index (χ4n) is 3.19. The van der Waals surface area contributed by atoms with E-state index in [1.165, 1.54) is 0 Å². The van der Waals surface area contributed by atoms with Crippen LogP contribution in [0.25, 0.3) is 0 Å². The number of anilines is 1. The number of aryl methyl sites for hydroxylation is 1. The average molecular weight is 303 g/mol. The molecule has 2 bridgehead atoms. The Labute approximate surface area is 129 Å². The highest BCUT2D eigenvalue weighted by atomic mass is 16.5. The number of nitrogens with zero attached hydrogens (tertiary/aromatic N) is 1. The van der Waals surface area contributed by atoms with Crippen LogP contribution in [0.5, 0.6) is 0 Å². The number of hydrogen-bond donors (Lipinski definition) is 2. The number of carbonyl (C=O) groups is 2. The maximum absolute atomic E-state index is 12.4. The second-order valence-electron chi connectivity index (χ2n) is 5.90. The van der Waals surface area contributed by atoms with Crippen molar-refractivity contribution in [3.63, 3.8) is 0 Å². The van der Waals surface area contributed by atoms with Crippen molar-refractivity contribution >= 4 is 17.6 Å². The van der Waals surface area contributed by atoms with Crippen LogP contribution < -0.4 is 10.6 Å². The number of carbonyl (C=O) groups excluding carboxylic acids is 2. The van der Waals surface area contributed by atoms with E-state index in [0.29, 0.717) is 19.5 Å². The van der Waals surface area contributed by atoms with Gasteiger partial charge in [0.25, 0.3) is 0 Å². The van der Waals surface area contributed by atoms with Crippen LogP contribution in [-0.2, 0) is 9.53 Å². The van der Waals surface area contributed by atoms with Gasteiger partial charge in [0.05, 0.1) is 18.1 Å². The van der Waals surface area contributed by atoms with Crippen LogP contribution in [0.4, 0.5) is 10.5 Å². The molecule has 2 heterocycles. The molecule has 3 rings (SSSR count). The Kier molecular flexibility index (Phi) is 4.02. The quantitative estimate of drug-likeness (QED) is 0.866. The highest BCUT2D eigenvalue weighted by Crippen LogP contribution is 2.32. The summed E-state index contributed by atoms with van der Waals surface area (Å²) in [5.74, 6) is -0.167. The number of ether oxygens (including phenoxy) is 1. The number of rotatable bonds is 2. The van der Waals surface area contributed by atoms with Gasteiger partial charge in [-0.2, -0.15) is 0 Å². The standard InChI is InChI=1S/C16H21N3O3/c1-10-5-3-4-6-13(10)18-16(21)19-8-11-7-12(15(20)17-2)14(9-19)22-11/h3-6,11-12,14H,7-9H2,1-2H3,(H,17,20)(H,18,21)/t11-,12+,14-/m0/s1. The van der Waals surface area contributed by atoms with Crippen LogP contribution in [0.15, 0.2) is 24.3 Å². The minimum absolute atomic E-state index is 0.00587. The average Bonchev–Trinajstić information content (AvgIpc) is 2.82. The zero-order chi connectivity index (χ0) is 15.7. The Morgan fingerprint density at radius 3 is 2.77 bits per heavy atom. The van der Waals surface area contributed by atoms with Crippen LogP contribution in [0.3, 0.4) is 0 Å². The van der Waals surface area contributed by atoms with Crippen molar-refractivity contribution in [2.45, 2.75) is 25.6 Å².